The van der Waals surface area contributed by atoms with Crippen molar-refractivity contribution in [1.82, 2.24) is 5.32 Å². The number of nitrogens with zero attached hydrogens (tertiary/aromatic N) is 1. The number of hydrogen-bond donors (Lipinski definition) is 3. The minimum Gasteiger partial charge on any atom is -0.494 e. The average molecular weight is 232 g/mol. The Labute approximate surface area is 100 Å². The Morgan fingerprint density at radius 1 is 1.47 bits per heavy atom. The van der Waals surface area contributed by atoms with Crippen LogP contribution in [-0.2, 0) is 5.79 Å². The van der Waals surface area contributed by atoms with Crippen molar-refractivity contribution in [2.75, 3.05) is 6.61 Å². The molecule has 1 aromatic rings. The molecule has 0 fully saturated rings. The zero-order valence-electron chi connectivity index (χ0n) is 9.68. The fraction of sp³-hybridized carbons (Fsp3) is 0.250. The number of benzene rings is 1. The van der Waals surface area contributed by atoms with Gasteiger partial charge < -0.3 is 15.8 Å². The second-order valence-electron chi connectivity index (χ2n) is 3.74. The van der Waals surface area contributed by atoms with Crippen molar-refractivity contribution in [2.24, 2.45) is 16.5 Å². The lowest BCUT2D eigenvalue weighted by Gasteiger charge is -2.28. The third-order valence-electron chi connectivity index (χ3n) is 2.45. The van der Waals surface area contributed by atoms with E-state index in [2.05, 4.69) is 10.3 Å². The summed E-state index contributed by atoms with van der Waals surface area (Å²) in [4.78, 5) is 4.20. The Hall–Kier alpha value is -2.01. The first-order valence-corrected chi connectivity index (χ1v) is 5.46. The highest BCUT2D eigenvalue weighted by Gasteiger charge is 2.27. The van der Waals surface area contributed by atoms with Crippen LogP contribution in [0.5, 0.6) is 5.75 Å². The van der Waals surface area contributed by atoms with E-state index in [1.54, 1.807) is 12.3 Å². The van der Waals surface area contributed by atoms with Gasteiger partial charge >= 0.3 is 0 Å². The van der Waals surface area contributed by atoms with Crippen molar-refractivity contribution in [3.8, 4) is 5.75 Å². The molecule has 5 heteroatoms. The number of amidine groups is 1. The lowest BCUT2D eigenvalue weighted by atomic mass is 10.1. The SMILES string of the molecule is CCOc1cccc(C2(N)N=C(N)C=CN2)c1. The van der Waals surface area contributed by atoms with Crippen LogP contribution in [0.3, 0.4) is 0 Å². The summed E-state index contributed by atoms with van der Waals surface area (Å²) in [5.41, 5.74) is 12.6. The van der Waals surface area contributed by atoms with Gasteiger partial charge in [-0.1, -0.05) is 12.1 Å². The van der Waals surface area contributed by atoms with Crippen LogP contribution >= 0.6 is 0 Å². The molecule has 90 valence electrons. The summed E-state index contributed by atoms with van der Waals surface area (Å²) >= 11 is 0. The highest BCUT2D eigenvalue weighted by Crippen LogP contribution is 2.23. The van der Waals surface area contributed by atoms with Crippen molar-refractivity contribution >= 4 is 5.84 Å². The van der Waals surface area contributed by atoms with Gasteiger partial charge in [-0.25, -0.2) is 4.99 Å². The van der Waals surface area contributed by atoms with Crippen LogP contribution in [0.1, 0.15) is 12.5 Å². The summed E-state index contributed by atoms with van der Waals surface area (Å²) in [5, 5.41) is 2.99. The number of rotatable bonds is 3. The molecule has 1 heterocycles. The summed E-state index contributed by atoms with van der Waals surface area (Å²) in [6.45, 7) is 2.54. The van der Waals surface area contributed by atoms with Gasteiger partial charge in [-0.2, -0.15) is 0 Å². The Balaban J connectivity index is 2.33. The first-order valence-electron chi connectivity index (χ1n) is 5.46. The van der Waals surface area contributed by atoms with E-state index in [9.17, 15) is 0 Å². The molecule has 0 spiro atoms. The largest absolute Gasteiger partial charge is 0.494 e. The maximum atomic E-state index is 6.15. The Morgan fingerprint density at radius 3 is 3.00 bits per heavy atom. The van der Waals surface area contributed by atoms with Crippen LogP contribution < -0.4 is 21.5 Å². The monoisotopic (exact) mass is 232 g/mol. The molecule has 0 saturated heterocycles. The quantitative estimate of drug-likeness (QED) is 0.713. The molecule has 1 aromatic carbocycles. The normalized spacial score (nSPS) is 22.8. The maximum absolute atomic E-state index is 6.15. The average Bonchev–Trinajstić information content (AvgIpc) is 2.29. The molecule has 0 aromatic heterocycles. The van der Waals surface area contributed by atoms with Crippen LogP contribution in [0.25, 0.3) is 0 Å². The van der Waals surface area contributed by atoms with Crippen molar-refractivity contribution in [1.29, 1.82) is 0 Å². The van der Waals surface area contributed by atoms with Gasteiger partial charge in [-0.05, 0) is 25.1 Å². The van der Waals surface area contributed by atoms with E-state index in [4.69, 9.17) is 16.2 Å². The van der Waals surface area contributed by atoms with E-state index >= 15 is 0 Å². The summed E-state index contributed by atoms with van der Waals surface area (Å²) in [5.74, 6) is 0.138. The van der Waals surface area contributed by atoms with E-state index in [1.165, 1.54) is 0 Å². The number of ether oxygens (including phenoxy) is 1. The highest BCUT2D eigenvalue weighted by molar-refractivity contribution is 5.92. The molecule has 0 amide bonds. The molecule has 2 rings (SSSR count). The Bertz CT molecular complexity index is 469. The van der Waals surface area contributed by atoms with Gasteiger partial charge in [-0.15, -0.1) is 0 Å². The van der Waals surface area contributed by atoms with Crippen LogP contribution in [0.2, 0.25) is 0 Å². The number of aliphatic imine (C=N–C) groups is 1. The summed E-state index contributed by atoms with van der Waals surface area (Å²) in [7, 11) is 0. The van der Waals surface area contributed by atoms with Crippen LogP contribution in [0.15, 0.2) is 41.5 Å². The molecule has 17 heavy (non-hydrogen) atoms. The summed E-state index contributed by atoms with van der Waals surface area (Å²) < 4.78 is 5.43. The molecule has 1 aliphatic heterocycles. The zero-order chi connectivity index (χ0) is 12.3. The lowest BCUT2D eigenvalue weighted by Crippen LogP contribution is -2.49. The Morgan fingerprint density at radius 2 is 2.29 bits per heavy atom. The predicted octanol–water partition coefficient (Wildman–Crippen LogP) is 0.628. The van der Waals surface area contributed by atoms with Crippen LogP contribution in [0.4, 0.5) is 0 Å². The molecule has 5 N–H and O–H groups in total. The number of nitrogens with one attached hydrogen (secondary N) is 1. The van der Waals surface area contributed by atoms with Crippen molar-refractivity contribution < 1.29 is 4.74 Å². The van der Waals surface area contributed by atoms with Gasteiger partial charge in [0.2, 0.25) is 5.79 Å². The van der Waals surface area contributed by atoms with Gasteiger partial charge in [0.15, 0.2) is 0 Å². The third kappa shape index (κ3) is 2.39. The highest BCUT2D eigenvalue weighted by atomic mass is 16.5. The maximum Gasteiger partial charge on any atom is 0.211 e. The molecule has 1 atom stereocenters. The first-order chi connectivity index (χ1) is 8.14. The second kappa shape index (κ2) is 4.47. The summed E-state index contributed by atoms with van der Waals surface area (Å²) in [6, 6.07) is 7.49. The van der Waals surface area contributed by atoms with Gasteiger partial charge in [-0.3, -0.25) is 5.73 Å². The van der Waals surface area contributed by atoms with E-state index in [-0.39, 0.29) is 0 Å². The second-order valence-corrected chi connectivity index (χ2v) is 3.74. The van der Waals surface area contributed by atoms with Crippen molar-refractivity contribution in [3.05, 3.63) is 42.1 Å². The third-order valence-corrected chi connectivity index (χ3v) is 2.45. The predicted molar refractivity (Wildman–Crippen MR) is 67.4 cm³/mol. The molecule has 1 aliphatic rings. The standard InChI is InChI=1S/C12H16N4O/c1-2-17-10-5-3-4-9(8-10)12(14)15-7-6-11(13)16-12/h3-8,15H,2,14H2,1H3,(H2,13,16). The minimum atomic E-state index is -1.02. The van der Waals surface area contributed by atoms with E-state index < -0.39 is 5.79 Å². The van der Waals surface area contributed by atoms with Gasteiger partial charge in [0, 0.05) is 11.8 Å². The number of nitrogens with two attached hydrogens (primary N) is 2. The van der Waals surface area contributed by atoms with Gasteiger partial charge in [0.1, 0.15) is 11.6 Å². The molecule has 0 bridgehead atoms. The molecule has 0 saturated carbocycles. The molecular formula is C12H16N4O. The minimum absolute atomic E-state index is 0.396. The molecule has 0 aliphatic carbocycles. The number of hydrogen-bond acceptors (Lipinski definition) is 5. The molecule has 5 nitrogen and oxygen atoms in total. The zero-order valence-corrected chi connectivity index (χ0v) is 9.68. The van der Waals surface area contributed by atoms with Crippen molar-refractivity contribution in [3.63, 3.8) is 0 Å². The van der Waals surface area contributed by atoms with Gasteiger partial charge in [0.25, 0.3) is 0 Å². The van der Waals surface area contributed by atoms with Crippen LogP contribution in [-0.4, -0.2) is 12.4 Å². The lowest BCUT2D eigenvalue weighted by molar-refractivity contribution is 0.337. The molecule has 1 unspecified atom stereocenters. The smallest absolute Gasteiger partial charge is 0.211 e. The van der Waals surface area contributed by atoms with E-state index in [0.29, 0.717) is 12.4 Å². The van der Waals surface area contributed by atoms with Gasteiger partial charge in [0.05, 0.1) is 6.61 Å². The summed E-state index contributed by atoms with van der Waals surface area (Å²) in [6.07, 6.45) is 3.35. The molecule has 0 radical (unpaired) electrons. The van der Waals surface area contributed by atoms with Crippen molar-refractivity contribution in [2.45, 2.75) is 12.7 Å². The topological polar surface area (TPSA) is 85.7 Å². The van der Waals surface area contributed by atoms with E-state index in [1.807, 2.05) is 31.2 Å². The fourth-order valence-electron chi connectivity index (χ4n) is 1.66. The fourth-order valence-corrected chi connectivity index (χ4v) is 1.66. The molecular weight excluding hydrogens is 216 g/mol. The van der Waals surface area contributed by atoms with Crippen LogP contribution in [0, 0.1) is 0 Å². The Kier molecular flexibility index (Phi) is 3.01. The van der Waals surface area contributed by atoms with E-state index in [0.717, 1.165) is 11.3 Å². The first kappa shape index (κ1) is 11.5.